The lowest BCUT2D eigenvalue weighted by Crippen LogP contribution is -2.15. The van der Waals surface area contributed by atoms with Gasteiger partial charge in [0.05, 0.1) is 6.42 Å². The average molecular weight is 275 g/mol. The molecule has 0 amide bonds. The Labute approximate surface area is 109 Å². The number of hydrogen-bond donors (Lipinski definition) is 1. The largest absolute Gasteiger partial charge is 0.389 e. The molecule has 18 heavy (non-hydrogen) atoms. The fourth-order valence-electron chi connectivity index (χ4n) is 1.54. The second-order valence-corrected chi connectivity index (χ2v) is 5.68. The van der Waals surface area contributed by atoms with Gasteiger partial charge in [0.25, 0.3) is 0 Å². The van der Waals surface area contributed by atoms with Gasteiger partial charge in [0.2, 0.25) is 0 Å². The summed E-state index contributed by atoms with van der Waals surface area (Å²) in [5.41, 5.74) is 1.18. The fourth-order valence-corrected chi connectivity index (χ4v) is 2.44. The highest BCUT2D eigenvalue weighted by molar-refractivity contribution is 7.99. The van der Waals surface area contributed by atoms with Crippen molar-refractivity contribution in [3.63, 3.8) is 0 Å². The maximum atomic E-state index is 12.0. The molecule has 2 rings (SSSR count). The van der Waals surface area contributed by atoms with Crippen LogP contribution in [-0.2, 0) is 6.54 Å². The van der Waals surface area contributed by atoms with Crippen LogP contribution in [0.2, 0.25) is 0 Å². The molecule has 0 saturated heterocycles. The fraction of sp³-hybridized carbons (Fsp3) is 0.538. The van der Waals surface area contributed by atoms with Crippen LogP contribution in [0.5, 0.6) is 0 Å². The van der Waals surface area contributed by atoms with Crippen LogP contribution in [0.4, 0.5) is 13.2 Å². The monoisotopic (exact) mass is 275 g/mol. The molecule has 1 aliphatic rings. The van der Waals surface area contributed by atoms with Gasteiger partial charge in [0.1, 0.15) is 0 Å². The number of hydrogen-bond acceptors (Lipinski definition) is 2. The van der Waals surface area contributed by atoms with Gasteiger partial charge < -0.3 is 5.32 Å². The smallest absolute Gasteiger partial charge is 0.310 e. The molecule has 1 fully saturated rings. The maximum absolute atomic E-state index is 12.0. The lowest BCUT2D eigenvalue weighted by atomic mass is 10.2. The zero-order chi connectivity index (χ0) is 13.0. The Morgan fingerprint density at radius 2 is 1.83 bits per heavy atom. The highest BCUT2D eigenvalue weighted by Gasteiger charge is 2.26. The van der Waals surface area contributed by atoms with E-state index < -0.39 is 12.6 Å². The molecule has 1 nitrogen and oxygen atoms in total. The molecule has 0 aliphatic heterocycles. The predicted octanol–water partition coefficient (Wildman–Crippen LogP) is 3.98. The molecule has 5 heteroatoms. The predicted molar refractivity (Wildman–Crippen MR) is 67.7 cm³/mol. The van der Waals surface area contributed by atoms with E-state index in [0.29, 0.717) is 6.04 Å². The molecule has 1 aliphatic carbocycles. The van der Waals surface area contributed by atoms with E-state index in [4.69, 9.17) is 0 Å². The molecule has 1 aromatic carbocycles. The quantitative estimate of drug-likeness (QED) is 0.788. The highest BCUT2D eigenvalue weighted by Crippen LogP contribution is 2.26. The van der Waals surface area contributed by atoms with E-state index >= 15 is 0 Å². The van der Waals surface area contributed by atoms with Crippen LogP contribution < -0.4 is 5.32 Å². The van der Waals surface area contributed by atoms with Crippen molar-refractivity contribution >= 4 is 11.8 Å². The van der Waals surface area contributed by atoms with Crippen LogP contribution in [0.15, 0.2) is 29.2 Å². The van der Waals surface area contributed by atoms with Crippen molar-refractivity contribution in [2.45, 2.75) is 42.9 Å². The first-order chi connectivity index (χ1) is 8.53. The normalized spacial score (nSPS) is 15.9. The third-order valence-electron chi connectivity index (χ3n) is 2.75. The summed E-state index contributed by atoms with van der Waals surface area (Å²) in [7, 11) is 0. The molecule has 0 bridgehead atoms. The first-order valence-electron chi connectivity index (χ1n) is 6.05. The molecule has 0 atom stereocenters. The van der Waals surface area contributed by atoms with Crippen LogP contribution in [0, 0.1) is 0 Å². The van der Waals surface area contributed by atoms with Gasteiger partial charge in [-0.2, -0.15) is 13.2 Å². The van der Waals surface area contributed by atoms with Crippen molar-refractivity contribution in [3.8, 4) is 0 Å². The van der Waals surface area contributed by atoms with Crippen LogP contribution in [-0.4, -0.2) is 18.0 Å². The van der Waals surface area contributed by atoms with E-state index in [1.54, 1.807) is 0 Å². The van der Waals surface area contributed by atoms with E-state index in [1.807, 2.05) is 24.3 Å². The Balaban J connectivity index is 1.72. The zero-order valence-electron chi connectivity index (χ0n) is 9.96. The minimum absolute atomic E-state index is 0.0865. The van der Waals surface area contributed by atoms with Gasteiger partial charge in [-0.25, -0.2) is 0 Å². The molecule has 1 N–H and O–H groups in total. The summed E-state index contributed by atoms with van der Waals surface area (Å²) >= 11 is 1.25. The number of halogens is 3. The molecule has 0 unspecified atom stereocenters. The Hall–Kier alpha value is -0.680. The summed E-state index contributed by atoms with van der Waals surface area (Å²) in [6.07, 6.45) is -2.28. The SMILES string of the molecule is FC(F)(F)CCSc1ccc(CNC2CC2)cc1. The van der Waals surface area contributed by atoms with Crippen LogP contribution in [0.25, 0.3) is 0 Å². The Morgan fingerprint density at radius 3 is 2.39 bits per heavy atom. The molecule has 1 saturated carbocycles. The van der Waals surface area contributed by atoms with Crippen molar-refractivity contribution in [2.24, 2.45) is 0 Å². The summed E-state index contributed by atoms with van der Waals surface area (Å²) < 4.78 is 35.9. The van der Waals surface area contributed by atoms with E-state index in [9.17, 15) is 13.2 Å². The Bertz CT molecular complexity index is 371. The van der Waals surface area contributed by atoms with Gasteiger partial charge in [-0.15, -0.1) is 11.8 Å². The zero-order valence-corrected chi connectivity index (χ0v) is 10.8. The molecular formula is C13H16F3NS. The Kier molecular flexibility index (Phi) is 4.56. The van der Waals surface area contributed by atoms with Gasteiger partial charge in [-0.1, -0.05) is 12.1 Å². The number of nitrogens with one attached hydrogen (secondary N) is 1. The lowest BCUT2D eigenvalue weighted by molar-refractivity contribution is -0.129. The van der Waals surface area contributed by atoms with Gasteiger partial charge in [0.15, 0.2) is 0 Å². The lowest BCUT2D eigenvalue weighted by Gasteiger charge is -2.07. The van der Waals surface area contributed by atoms with E-state index in [1.165, 1.54) is 30.2 Å². The number of thioether (sulfide) groups is 1. The number of benzene rings is 1. The van der Waals surface area contributed by atoms with Gasteiger partial charge in [-0.05, 0) is 30.5 Å². The summed E-state index contributed by atoms with van der Waals surface area (Å²) in [6, 6.07) is 8.41. The van der Waals surface area contributed by atoms with Crippen LogP contribution in [0.1, 0.15) is 24.8 Å². The third kappa shape index (κ3) is 5.31. The molecule has 0 heterocycles. The van der Waals surface area contributed by atoms with Crippen molar-refractivity contribution in [2.75, 3.05) is 5.75 Å². The standard InChI is InChI=1S/C13H16F3NS/c14-13(15,16)7-8-18-12-5-1-10(2-6-12)9-17-11-3-4-11/h1-2,5-6,11,17H,3-4,7-9H2. The van der Waals surface area contributed by atoms with E-state index in [-0.39, 0.29) is 5.75 Å². The second-order valence-electron chi connectivity index (χ2n) is 4.51. The van der Waals surface area contributed by atoms with Crippen LogP contribution >= 0.6 is 11.8 Å². The Morgan fingerprint density at radius 1 is 1.17 bits per heavy atom. The minimum Gasteiger partial charge on any atom is -0.310 e. The van der Waals surface area contributed by atoms with Crippen molar-refractivity contribution < 1.29 is 13.2 Å². The first-order valence-corrected chi connectivity index (χ1v) is 7.03. The molecule has 0 aromatic heterocycles. The first kappa shape index (κ1) is 13.7. The second kappa shape index (κ2) is 5.97. The van der Waals surface area contributed by atoms with Crippen molar-refractivity contribution in [1.29, 1.82) is 0 Å². The molecule has 0 spiro atoms. The average Bonchev–Trinajstić information content (AvgIpc) is 3.10. The summed E-state index contributed by atoms with van der Waals surface area (Å²) in [5.74, 6) is 0.0865. The number of rotatable bonds is 6. The molecule has 100 valence electrons. The van der Waals surface area contributed by atoms with E-state index in [0.717, 1.165) is 11.4 Å². The van der Waals surface area contributed by atoms with Crippen molar-refractivity contribution in [1.82, 2.24) is 5.32 Å². The molecule has 0 radical (unpaired) electrons. The van der Waals surface area contributed by atoms with Gasteiger partial charge in [0, 0.05) is 23.2 Å². The summed E-state index contributed by atoms with van der Waals surface area (Å²) in [5, 5.41) is 3.40. The number of alkyl halides is 3. The highest BCUT2D eigenvalue weighted by atomic mass is 32.2. The maximum Gasteiger partial charge on any atom is 0.389 e. The minimum atomic E-state index is -4.05. The van der Waals surface area contributed by atoms with Gasteiger partial charge >= 0.3 is 6.18 Å². The van der Waals surface area contributed by atoms with E-state index in [2.05, 4.69) is 5.32 Å². The van der Waals surface area contributed by atoms with Crippen LogP contribution in [0.3, 0.4) is 0 Å². The summed E-state index contributed by atoms with van der Waals surface area (Å²) in [6.45, 7) is 0.845. The topological polar surface area (TPSA) is 12.0 Å². The molecular weight excluding hydrogens is 259 g/mol. The summed E-state index contributed by atoms with van der Waals surface area (Å²) in [4.78, 5) is 0.898. The van der Waals surface area contributed by atoms with Gasteiger partial charge in [-0.3, -0.25) is 0 Å². The molecule has 1 aromatic rings. The third-order valence-corrected chi connectivity index (χ3v) is 3.76. The van der Waals surface area contributed by atoms with Crippen molar-refractivity contribution in [3.05, 3.63) is 29.8 Å².